The van der Waals surface area contributed by atoms with Gasteiger partial charge in [-0.2, -0.15) is 0 Å². The first-order chi connectivity index (χ1) is 14.0. The van der Waals surface area contributed by atoms with E-state index in [2.05, 4.69) is 19.9 Å². The molecule has 1 fully saturated rings. The van der Waals surface area contributed by atoms with Crippen LogP contribution in [0.5, 0.6) is 0 Å². The van der Waals surface area contributed by atoms with Crippen molar-refractivity contribution >= 4 is 51.6 Å². The van der Waals surface area contributed by atoms with E-state index in [0.717, 1.165) is 32.0 Å². The van der Waals surface area contributed by atoms with Gasteiger partial charge in [-0.25, -0.2) is 13.1 Å². The molecule has 0 bridgehead atoms. The summed E-state index contributed by atoms with van der Waals surface area (Å²) in [7, 11) is -1.94. The zero-order valence-electron chi connectivity index (χ0n) is 17.5. The molecule has 30 heavy (non-hydrogen) atoms. The summed E-state index contributed by atoms with van der Waals surface area (Å²) >= 11 is 5.88. The molecule has 1 aromatic carbocycles. The van der Waals surface area contributed by atoms with Crippen LogP contribution in [0.1, 0.15) is 13.3 Å². The minimum Gasteiger partial charge on any atom is -0.382 e. The molecular formula is C19H32ClIN4O4S. The Morgan fingerprint density at radius 2 is 2.17 bits per heavy atom. The first kappa shape index (κ1) is 27.4. The van der Waals surface area contributed by atoms with Crippen molar-refractivity contribution in [3.8, 4) is 0 Å². The zero-order valence-corrected chi connectivity index (χ0v) is 21.4. The molecule has 1 aliphatic heterocycles. The fourth-order valence-electron chi connectivity index (χ4n) is 3.04. The van der Waals surface area contributed by atoms with Crippen LogP contribution in [0.25, 0.3) is 0 Å². The van der Waals surface area contributed by atoms with Crippen molar-refractivity contribution in [1.29, 1.82) is 0 Å². The minimum absolute atomic E-state index is 0. The molecule has 0 aliphatic carbocycles. The van der Waals surface area contributed by atoms with Crippen molar-refractivity contribution in [3.05, 3.63) is 29.3 Å². The highest BCUT2D eigenvalue weighted by Gasteiger charge is 2.25. The lowest BCUT2D eigenvalue weighted by Crippen LogP contribution is -2.41. The fraction of sp³-hybridized carbons (Fsp3) is 0.632. The largest absolute Gasteiger partial charge is 0.382 e. The van der Waals surface area contributed by atoms with Gasteiger partial charge in [0.2, 0.25) is 10.0 Å². The summed E-state index contributed by atoms with van der Waals surface area (Å²) in [6.07, 6.45) is 1.04. The van der Waals surface area contributed by atoms with Gasteiger partial charge in [0.05, 0.1) is 31.3 Å². The smallest absolute Gasteiger partial charge is 0.240 e. The average Bonchev–Trinajstić information content (AvgIpc) is 3.16. The van der Waals surface area contributed by atoms with E-state index in [4.69, 9.17) is 21.1 Å². The maximum Gasteiger partial charge on any atom is 0.240 e. The number of guanidine groups is 1. The normalized spacial score (nSPS) is 17.1. The highest BCUT2D eigenvalue weighted by molar-refractivity contribution is 14.0. The molecule has 0 amide bonds. The fourth-order valence-corrected chi connectivity index (χ4v) is 4.36. The Bertz CT molecular complexity index is 767. The number of aliphatic imine (C=N–C) groups is 1. The van der Waals surface area contributed by atoms with Crippen LogP contribution < -0.4 is 10.0 Å². The van der Waals surface area contributed by atoms with E-state index in [1.54, 1.807) is 19.2 Å². The summed E-state index contributed by atoms with van der Waals surface area (Å²) in [6, 6.07) is 6.19. The number of likely N-dealkylation sites (tertiary alicyclic amines) is 1. The predicted molar refractivity (Wildman–Crippen MR) is 130 cm³/mol. The lowest BCUT2D eigenvalue weighted by atomic mass is 10.1. The van der Waals surface area contributed by atoms with Crippen LogP contribution in [0, 0.1) is 5.92 Å². The first-order valence-corrected chi connectivity index (χ1v) is 11.7. The second-order valence-electron chi connectivity index (χ2n) is 6.76. The maximum absolute atomic E-state index is 12.3. The number of sulfonamides is 1. The van der Waals surface area contributed by atoms with Gasteiger partial charge in [0.25, 0.3) is 0 Å². The van der Waals surface area contributed by atoms with E-state index in [0.29, 0.717) is 37.3 Å². The number of benzene rings is 1. The van der Waals surface area contributed by atoms with Crippen molar-refractivity contribution in [2.45, 2.75) is 18.2 Å². The number of hydrogen-bond donors (Lipinski definition) is 2. The van der Waals surface area contributed by atoms with Crippen LogP contribution in [0.4, 0.5) is 0 Å². The Kier molecular flexibility index (Phi) is 13.1. The Morgan fingerprint density at radius 1 is 1.37 bits per heavy atom. The molecule has 0 saturated carbocycles. The summed E-state index contributed by atoms with van der Waals surface area (Å²) in [5.74, 6) is 1.26. The third-order valence-corrected chi connectivity index (χ3v) is 6.17. The van der Waals surface area contributed by atoms with Crippen molar-refractivity contribution in [3.63, 3.8) is 0 Å². The van der Waals surface area contributed by atoms with Gasteiger partial charge in [0.15, 0.2) is 5.96 Å². The van der Waals surface area contributed by atoms with Crippen LogP contribution in [-0.2, 0) is 19.5 Å². The van der Waals surface area contributed by atoms with Gasteiger partial charge in [-0.05, 0) is 31.5 Å². The van der Waals surface area contributed by atoms with E-state index in [-0.39, 0.29) is 35.4 Å². The van der Waals surface area contributed by atoms with Gasteiger partial charge in [-0.1, -0.05) is 17.7 Å². The van der Waals surface area contributed by atoms with Gasteiger partial charge in [-0.15, -0.1) is 24.0 Å². The molecule has 1 heterocycles. The molecule has 1 unspecified atom stereocenters. The third kappa shape index (κ3) is 9.23. The summed E-state index contributed by atoms with van der Waals surface area (Å²) in [4.78, 5) is 6.92. The standard InChI is InChI=1S/C19H31ClN4O4S.HI/c1-3-21-19(24-10-7-16(14-24)15-28-12-11-27-2)22-8-9-23-29(25,26)18-6-4-5-17(20)13-18;/h4-6,13,16,23H,3,7-12,14-15H2,1-2H3,(H,21,22);1H. The highest BCUT2D eigenvalue weighted by atomic mass is 127. The average molecular weight is 575 g/mol. The van der Waals surface area contributed by atoms with E-state index in [1.165, 1.54) is 12.1 Å². The van der Waals surface area contributed by atoms with Crippen LogP contribution in [0.2, 0.25) is 5.02 Å². The van der Waals surface area contributed by atoms with E-state index in [9.17, 15) is 8.42 Å². The molecule has 8 nitrogen and oxygen atoms in total. The van der Waals surface area contributed by atoms with E-state index < -0.39 is 10.0 Å². The Balaban J connectivity index is 0.00000450. The number of nitrogens with zero attached hydrogens (tertiary/aromatic N) is 2. The molecule has 0 spiro atoms. The minimum atomic E-state index is -3.60. The van der Waals surface area contributed by atoms with E-state index >= 15 is 0 Å². The van der Waals surface area contributed by atoms with E-state index in [1.807, 2.05) is 6.92 Å². The number of methoxy groups -OCH3 is 1. The monoisotopic (exact) mass is 574 g/mol. The number of nitrogens with one attached hydrogen (secondary N) is 2. The van der Waals surface area contributed by atoms with Crippen LogP contribution in [0.15, 0.2) is 34.2 Å². The van der Waals surface area contributed by atoms with Crippen molar-refractivity contribution in [1.82, 2.24) is 14.9 Å². The van der Waals surface area contributed by atoms with Crippen molar-refractivity contribution in [2.24, 2.45) is 10.9 Å². The molecule has 2 N–H and O–H groups in total. The Hall–Kier alpha value is -0.660. The third-order valence-electron chi connectivity index (χ3n) is 4.48. The molecule has 0 radical (unpaired) electrons. The lowest BCUT2D eigenvalue weighted by Gasteiger charge is -2.21. The molecule has 2 rings (SSSR count). The van der Waals surface area contributed by atoms with Crippen molar-refractivity contribution < 1.29 is 17.9 Å². The van der Waals surface area contributed by atoms with Gasteiger partial charge in [0.1, 0.15) is 0 Å². The van der Waals surface area contributed by atoms with Crippen LogP contribution in [-0.4, -0.2) is 78.9 Å². The molecule has 1 atom stereocenters. The number of ether oxygens (including phenoxy) is 2. The maximum atomic E-state index is 12.3. The molecule has 1 saturated heterocycles. The topological polar surface area (TPSA) is 92.3 Å². The second kappa shape index (κ2) is 14.4. The quantitative estimate of drug-likeness (QED) is 0.182. The van der Waals surface area contributed by atoms with Gasteiger partial charge >= 0.3 is 0 Å². The van der Waals surface area contributed by atoms with Gasteiger partial charge < -0.3 is 19.7 Å². The highest BCUT2D eigenvalue weighted by Crippen LogP contribution is 2.17. The summed E-state index contributed by atoms with van der Waals surface area (Å²) in [5, 5.41) is 3.66. The molecular weight excluding hydrogens is 543 g/mol. The lowest BCUT2D eigenvalue weighted by molar-refractivity contribution is 0.0536. The molecule has 11 heteroatoms. The van der Waals surface area contributed by atoms with Crippen LogP contribution in [0.3, 0.4) is 0 Å². The SMILES string of the molecule is CCNC(=NCCNS(=O)(=O)c1cccc(Cl)c1)N1CCC(COCCOC)C1.I. The predicted octanol–water partition coefficient (Wildman–Crippen LogP) is 2.19. The molecule has 1 aromatic rings. The summed E-state index contributed by atoms with van der Waals surface area (Å²) < 4.78 is 37.9. The number of halogens is 2. The van der Waals surface area contributed by atoms with Crippen molar-refractivity contribution in [2.75, 3.05) is 59.7 Å². The first-order valence-electron chi connectivity index (χ1n) is 9.81. The second-order valence-corrected chi connectivity index (χ2v) is 8.96. The molecule has 0 aromatic heterocycles. The Morgan fingerprint density at radius 3 is 2.87 bits per heavy atom. The summed E-state index contributed by atoms with van der Waals surface area (Å²) in [5.41, 5.74) is 0. The van der Waals surface area contributed by atoms with Crippen LogP contribution >= 0.6 is 35.6 Å². The Labute approximate surface area is 201 Å². The zero-order chi connectivity index (χ0) is 21.1. The molecule has 172 valence electrons. The number of rotatable bonds is 11. The summed E-state index contributed by atoms with van der Waals surface area (Å²) in [6.45, 7) is 7.00. The number of hydrogen-bond acceptors (Lipinski definition) is 5. The van der Waals surface area contributed by atoms with Gasteiger partial charge in [0, 0.05) is 44.2 Å². The van der Waals surface area contributed by atoms with Gasteiger partial charge in [-0.3, -0.25) is 4.99 Å². The molecule has 1 aliphatic rings.